The van der Waals surface area contributed by atoms with Crippen LogP contribution in [0.15, 0.2) is 42.5 Å². The van der Waals surface area contributed by atoms with Crippen LogP contribution in [-0.2, 0) is 11.3 Å². The maximum atomic E-state index is 11.6. The van der Waals surface area contributed by atoms with Crippen LogP contribution in [0.1, 0.15) is 17.7 Å². The van der Waals surface area contributed by atoms with Crippen molar-refractivity contribution in [3.05, 3.63) is 53.7 Å². The number of hydrogen-bond donors (Lipinski definition) is 1. The van der Waals surface area contributed by atoms with E-state index < -0.39 is 0 Å². The molecule has 2 aromatic carbocycles. The lowest BCUT2D eigenvalue weighted by Gasteiger charge is -2.18. The van der Waals surface area contributed by atoms with Crippen molar-refractivity contribution in [3.8, 4) is 17.0 Å². The van der Waals surface area contributed by atoms with E-state index in [4.69, 9.17) is 4.74 Å². The van der Waals surface area contributed by atoms with Crippen LogP contribution in [0.4, 0.5) is 0 Å². The molecule has 0 unspecified atom stereocenters. The summed E-state index contributed by atoms with van der Waals surface area (Å²) in [4.78, 5) is 14.0. The lowest BCUT2D eigenvalue weighted by Crippen LogP contribution is -2.32. The van der Waals surface area contributed by atoms with Crippen molar-refractivity contribution in [2.75, 3.05) is 20.2 Å². The number of fused-ring (bicyclic) bond motifs is 2. The van der Waals surface area contributed by atoms with Crippen LogP contribution >= 0.6 is 0 Å². The van der Waals surface area contributed by atoms with E-state index in [2.05, 4.69) is 44.7 Å². The average Bonchev–Trinajstić information content (AvgIpc) is 3.25. The third kappa shape index (κ3) is 3.23. The summed E-state index contributed by atoms with van der Waals surface area (Å²) in [6, 6.07) is 14.8. The van der Waals surface area contributed by atoms with Crippen molar-refractivity contribution < 1.29 is 9.53 Å². The molecule has 29 heavy (non-hydrogen) atoms. The highest BCUT2D eigenvalue weighted by Crippen LogP contribution is 2.35. The Balaban J connectivity index is 1.48. The molecule has 3 aromatic rings. The van der Waals surface area contributed by atoms with E-state index in [0.717, 1.165) is 53.1 Å². The van der Waals surface area contributed by atoms with Crippen LogP contribution in [0, 0.1) is 12.8 Å². The van der Waals surface area contributed by atoms with Gasteiger partial charge in [0.1, 0.15) is 11.4 Å². The summed E-state index contributed by atoms with van der Waals surface area (Å²) in [5.41, 5.74) is 3.93. The van der Waals surface area contributed by atoms with E-state index in [1.807, 2.05) is 25.1 Å². The molecule has 2 atom stereocenters. The Morgan fingerprint density at radius 2 is 1.97 bits per heavy atom. The van der Waals surface area contributed by atoms with E-state index in [9.17, 15) is 4.79 Å². The minimum Gasteiger partial charge on any atom is -0.496 e. The van der Waals surface area contributed by atoms with Crippen molar-refractivity contribution in [2.24, 2.45) is 5.92 Å². The second kappa shape index (κ2) is 7.12. The van der Waals surface area contributed by atoms with Crippen LogP contribution in [-0.4, -0.2) is 47.2 Å². The number of rotatable bonds is 4. The molecule has 2 aliphatic heterocycles. The Kier molecular flexibility index (Phi) is 4.43. The van der Waals surface area contributed by atoms with Crippen LogP contribution in [0.2, 0.25) is 0 Å². The molecule has 2 aliphatic rings. The number of carbonyl (C=O) groups excluding carboxylic acids is 1. The van der Waals surface area contributed by atoms with Crippen molar-refractivity contribution in [3.63, 3.8) is 0 Å². The topological polar surface area (TPSA) is 67.3 Å². The number of nitrogens with one attached hydrogen (secondary N) is 1. The van der Waals surface area contributed by atoms with Crippen LogP contribution in [0.25, 0.3) is 22.0 Å². The maximum absolute atomic E-state index is 11.6. The summed E-state index contributed by atoms with van der Waals surface area (Å²) in [6.45, 7) is 4.69. The molecule has 2 saturated heterocycles. The standard InChI is InChI=1S/C23H24N4O2/c1-14-17-5-3-4-6-18(17)23(26-25-14)19-9-15(7-8-21(19)29-2)11-27-12-16-10-22(28)24-20(16)13-27/h3-9,16,20H,10-13H2,1-2H3,(H,24,28)/t16-,20+/m0/s1. The fourth-order valence-electron chi connectivity index (χ4n) is 4.70. The Labute approximate surface area is 169 Å². The molecule has 0 aliphatic carbocycles. The maximum Gasteiger partial charge on any atom is 0.220 e. The summed E-state index contributed by atoms with van der Waals surface area (Å²) in [7, 11) is 1.69. The molecular formula is C23H24N4O2. The van der Waals surface area contributed by atoms with Crippen LogP contribution in [0.5, 0.6) is 5.75 Å². The zero-order chi connectivity index (χ0) is 20.0. The number of methoxy groups -OCH3 is 1. The molecule has 6 heteroatoms. The SMILES string of the molecule is COc1ccc(CN2C[C@@H]3CC(=O)N[C@@H]3C2)cc1-c1nnc(C)c2ccccc12. The minimum atomic E-state index is 0.191. The smallest absolute Gasteiger partial charge is 0.220 e. The molecule has 1 N–H and O–H groups in total. The Hall–Kier alpha value is -2.99. The first-order chi connectivity index (χ1) is 14.1. The van der Waals surface area contributed by atoms with Gasteiger partial charge in [0.05, 0.1) is 12.8 Å². The number of likely N-dealkylation sites (tertiary alicyclic amines) is 1. The van der Waals surface area contributed by atoms with Gasteiger partial charge in [-0.25, -0.2) is 0 Å². The van der Waals surface area contributed by atoms with Gasteiger partial charge in [0, 0.05) is 54.4 Å². The summed E-state index contributed by atoms with van der Waals surface area (Å²) < 4.78 is 5.65. The van der Waals surface area contributed by atoms with Crippen molar-refractivity contribution >= 4 is 16.7 Å². The second-order valence-corrected chi connectivity index (χ2v) is 8.05. The van der Waals surface area contributed by atoms with E-state index in [1.54, 1.807) is 7.11 Å². The molecule has 3 heterocycles. The van der Waals surface area contributed by atoms with E-state index in [-0.39, 0.29) is 5.91 Å². The monoisotopic (exact) mass is 388 g/mol. The molecule has 148 valence electrons. The largest absolute Gasteiger partial charge is 0.496 e. The number of carbonyl (C=O) groups is 1. The van der Waals surface area contributed by atoms with Crippen LogP contribution in [0.3, 0.4) is 0 Å². The number of nitrogens with zero attached hydrogens (tertiary/aromatic N) is 3. The van der Waals surface area contributed by atoms with Gasteiger partial charge in [-0.2, -0.15) is 5.10 Å². The summed E-state index contributed by atoms with van der Waals surface area (Å²) in [5, 5.41) is 14.2. The van der Waals surface area contributed by atoms with Gasteiger partial charge < -0.3 is 10.1 Å². The van der Waals surface area contributed by atoms with Crippen LogP contribution < -0.4 is 10.1 Å². The Morgan fingerprint density at radius 1 is 1.14 bits per heavy atom. The summed E-state index contributed by atoms with van der Waals surface area (Å²) in [6.07, 6.45) is 0.653. The van der Waals surface area contributed by atoms with E-state index in [1.165, 1.54) is 5.56 Å². The predicted molar refractivity (Wildman–Crippen MR) is 112 cm³/mol. The van der Waals surface area contributed by atoms with Gasteiger partial charge in [-0.3, -0.25) is 9.69 Å². The third-order valence-corrected chi connectivity index (χ3v) is 6.11. The second-order valence-electron chi connectivity index (χ2n) is 8.05. The predicted octanol–water partition coefficient (Wildman–Crippen LogP) is 2.93. The van der Waals surface area contributed by atoms with Crippen molar-refractivity contribution in [1.29, 1.82) is 0 Å². The average molecular weight is 388 g/mol. The Morgan fingerprint density at radius 3 is 2.76 bits per heavy atom. The zero-order valence-corrected chi connectivity index (χ0v) is 16.7. The highest BCUT2D eigenvalue weighted by molar-refractivity contribution is 5.96. The molecule has 1 aromatic heterocycles. The highest BCUT2D eigenvalue weighted by Gasteiger charge is 2.39. The molecule has 0 bridgehead atoms. The lowest BCUT2D eigenvalue weighted by atomic mass is 10.0. The van der Waals surface area contributed by atoms with Crippen molar-refractivity contribution in [1.82, 2.24) is 20.4 Å². The molecule has 0 saturated carbocycles. The van der Waals surface area contributed by atoms with Crippen molar-refractivity contribution in [2.45, 2.75) is 25.9 Å². The molecular weight excluding hydrogens is 364 g/mol. The molecule has 0 spiro atoms. The quantitative estimate of drug-likeness (QED) is 0.744. The van der Waals surface area contributed by atoms with Gasteiger partial charge in [0.2, 0.25) is 5.91 Å². The van der Waals surface area contributed by atoms with Gasteiger partial charge >= 0.3 is 0 Å². The molecule has 0 radical (unpaired) electrons. The lowest BCUT2D eigenvalue weighted by molar-refractivity contribution is -0.119. The normalized spacial score (nSPS) is 21.4. The van der Waals surface area contributed by atoms with E-state index >= 15 is 0 Å². The third-order valence-electron chi connectivity index (χ3n) is 6.11. The number of benzene rings is 2. The number of amides is 1. The zero-order valence-electron chi connectivity index (χ0n) is 16.7. The summed E-state index contributed by atoms with van der Waals surface area (Å²) >= 11 is 0. The van der Waals surface area contributed by atoms with E-state index in [0.29, 0.717) is 18.4 Å². The molecule has 1 amide bonds. The number of ether oxygens (including phenoxy) is 1. The fraction of sp³-hybridized carbons (Fsp3) is 0.348. The summed E-state index contributed by atoms with van der Waals surface area (Å²) in [5.74, 6) is 1.42. The van der Waals surface area contributed by atoms with Gasteiger partial charge in [-0.1, -0.05) is 30.3 Å². The number of hydrogen-bond acceptors (Lipinski definition) is 5. The molecule has 2 fully saturated rings. The Bertz CT molecular complexity index is 1080. The first-order valence-corrected chi connectivity index (χ1v) is 10.0. The highest BCUT2D eigenvalue weighted by atomic mass is 16.5. The minimum absolute atomic E-state index is 0.191. The first-order valence-electron chi connectivity index (χ1n) is 10.0. The first kappa shape index (κ1) is 18.1. The number of aryl methyl sites for hydroxylation is 1. The van der Waals surface area contributed by atoms with Gasteiger partial charge in [-0.05, 0) is 24.6 Å². The molecule has 5 rings (SSSR count). The van der Waals surface area contributed by atoms with Gasteiger partial charge in [0.25, 0.3) is 0 Å². The molecule has 6 nitrogen and oxygen atoms in total. The number of aromatic nitrogens is 2. The fourth-order valence-corrected chi connectivity index (χ4v) is 4.70. The van der Waals surface area contributed by atoms with Gasteiger partial charge in [0.15, 0.2) is 0 Å². The van der Waals surface area contributed by atoms with Gasteiger partial charge in [-0.15, -0.1) is 5.10 Å².